The Morgan fingerprint density at radius 2 is 0.979 bits per heavy atom. The Kier molecular flexibility index (Phi) is 6.06. The highest BCUT2D eigenvalue weighted by Gasteiger charge is 2.51. The lowest BCUT2D eigenvalue weighted by Crippen LogP contribution is -2.32. The third-order valence-corrected chi connectivity index (χ3v) is 11.1. The maximum Gasteiger partial charge on any atom is 0.160 e. The molecule has 0 bridgehead atoms. The second-order valence-corrected chi connectivity index (χ2v) is 13.6. The van der Waals surface area contributed by atoms with Crippen molar-refractivity contribution in [1.29, 1.82) is 0 Å². The molecule has 7 aromatic carbocycles. The van der Waals surface area contributed by atoms with Crippen molar-refractivity contribution in [1.82, 2.24) is 9.97 Å². The summed E-state index contributed by atoms with van der Waals surface area (Å²) in [6.45, 7) is 0. The van der Waals surface area contributed by atoms with Crippen LogP contribution in [0.3, 0.4) is 0 Å². The van der Waals surface area contributed by atoms with Gasteiger partial charge in [-0.25, -0.2) is 9.97 Å². The first-order valence-electron chi connectivity index (χ1n) is 16.3. The minimum absolute atomic E-state index is 0.424. The van der Waals surface area contributed by atoms with Gasteiger partial charge >= 0.3 is 0 Å². The van der Waals surface area contributed by atoms with E-state index in [0.717, 1.165) is 33.5 Å². The quantitative estimate of drug-likeness (QED) is 0.195. The van der Waals surface area contributed by atoms with E-state index in [-0.39, 0.29) is 0 Å². The molecule has 10 rings (SSSR count). The second kappa shape index (κ2) is 10.6. The Balaban J connectivity index is 1.19. The van der Waals surface area contributed by atoms with Crippen LogP contribution in [0.4, 0.5) is 0 Å². The minimum Gasteiger partial charge on any atom is -0.228 e. The van der Waals surface area contributed by atoms with Gasteiger partial charge < -0.3 is 0 Å². The molecule has 1 aliphatic heterocycles. The molecule has 1 aromatic heterocycles. The average molecular weight is 629 g/mol. The summed E-state index contributed by atoms with van der Waals surface area (Å²) in [4.78, 5) is 12.7. The van der Waals surface area contributed by atoms with E-state index in [1.54, 1.807) is 0 Å². The van der Waals surface area contributed by atoms with E-state index in [1.807, 2.05) is 36.0 Å². The molecule has 0 N–H and O–H groups in total. The molecule has 224 valence electrons. The van der Waals surface area contributed by atoms with Crippen molar-refractivity contribution in [2.24, 2.45) is 0 Å². The fourth-order valence-electron chi connectivity index (χ4n) is 7.98. The summed E-state index contributed by atoms with van der Waals surface area (Å²) in [6.07, 6.45) is 0. The SMILES string of the molecule is c1ccc(-c2nc(-c3ccc(-c4cccc5c4C4(c6ccccc6Sc6ccccc64)c4ccccc4-5)cc3)c3ccccc3n2)cc1. The number of hydrogen-bond acceptors (Lipinski definition) is 3. The van der Waals surface area contributed by atoms with Gasteiger partial charge in [-0.1, -0.05) is 163 Å². The highest BCUT2D eigenvalue weighted by Crippen LogP contribution is 2.63. The lowest BCUT2D eigenvalue weighted by atomic mass is 9.66. The van der Waals surface area contributed by atoms with Gasteiger partial charge in [0.1, 0.15) is 0 Å². The predicted octanol–water partition coefficient (Wildman–Crippen LogP) is 11.5. The molecule has 48 heavy (non-hydrogen) atoms. The van der Waals surface area contributed by atoms with Crippen molar-refractivity contribution in [2.75, 3.05) is 0 Å². The Morgan fingerprint density at radius 1 is 0.396 bits per heavy atom. The van der Waals surface area contributed by atoms with Crippen LogP contribution in [0, 0.1) is 0 Å². The van der Waals surface area contributed by atoms with E-state index in [9.17, 15) is 0 Å². The second-order valence-electron chi connectivity index (χ2n) is 12.5. The maximum atomic E-state index is 5.13. The van der Waals surface area contributed by atoms with E-state index in [2.05, 4.69) is 146 Å². The van der Waals surface area contributed by atoms with Crippen LogP contribution in [0.25, 0.3) is 55.8 Å². The fourth-order valence-corrected chi connectivity index (χ4v) is 9.17. The van der Waals surface area contributed by atoms with Gasteiger partial charge in [-0.3, -0.25) is 0 Å². The fraction of sp³-hybridized carbons (Fsp3) is 0.0222. The van der Waals surface area contributed by atoms with Gasteiger partial charge in [-0.2, -0.15) is 0 Å². The summed E-state index contributed by atoms with van der Waals surface area (Å²) < 4.78 is 0. The monoisotopic (exact) mass is 628 g/mol. The number of fused-ring (bicyclic) bond motifs is 10. The Hall–Kier alpha value is -5.77. The van der Waals surface area contributed by atoms with Crippen molar-refractivity contribution in [2.45, 2.75) is 15.2 Å². The number of aromatic nitrogens is 2. The summed E-state index contributed by atoms with van der Waals surface area (Å²) in [7, 11) is 0. The Bertz CT molecular complexity index is 2490. The topological polar surface area (TPSA) is 25.8 Å². The molecule has 0 saturated carbocycles. The van der Waals surface area contributed by atoms with Gasteiger partial charge in [-0.05, 0) is 62.7 Å². The summed E-state index contributed by atoms with van der Waals surface area (Å²) in [5.74, 6) is 0.737. The zero-order valence-corrected chi connectivity index (χ0v) is 26.8. The molecule has 3 heteroatoms. The van der Waals surface area contributed by atoms with E-state index in [0.29, 0.717) is 0 Å². The predicted molar refractivity (Wildman–Crippen MR) is 197 cm³/mol. The van der Waals surface area contributed by atoms with Crippen molar-refractivity contribution in [3.63, 3.8) is 0 Å². The van der Waals surface area contributed by atoms with Gasteiger partial charge in [-0.15, -0.1) is 0 Å². The third kappa shape index (κ3) is 3.89. The number of para-hydroxylation sites is 1. The minimum atomic E-state index is -0.424. The molecule has 0 amide bonds. The van der Waals surface area contributed by atoms with Gasteiger partial charge in [0.05, 0.1) is 16.6 Å². The van der Waals surface area contributed by atoms with E-state index in [1.165, 1.54) is 54.3 Å². The molecule has 0 fully saturated rings. The molecule has 1 spiro atoms. The molecule has 1 aliphatic carbocycles. The molecule has 0 unspecified atom stereocenters. The van der Waals surface area contributed by atoms with Gasteiger partial charge in [0.15, 0.2) is 5.82 Å². The van der Waals surface area contributed by atoms with Crippen LogP contribution in [-0.4, -0.2) is 9.97 Å². The number of nitrogens with zero attached hydrogens (tertiary/aromatic N) is 2. The standard InChI is InChI=1S/C45H28N2S/c1-2-13-31(14-3-1)44-46-39-22-9-5-16-35(39)43(47-44)30-27-25-29(26-28-30)32-17-12-18-34-33-15-4-6-19-36(33)45(42(32)34)37-20-7-10-23-40(37)48-41-24-11-8-21-38(41)45/h1-28H. The number of hydrogen-bond donors (Lipinski definition) is 0. The van der Waals surface area contributed by atoms with Crippen LogP contribution in [0.15, 0.2) is 180 Å². The normalized spacial score (nSPS) is 13.5. The molecule has 2 aliphatic rings. The smallest absolute Gasteiger partial charge is 0.160 e. The van der Waals surface area contributed by atoms with Crippen LogP contribution < -0.4 is 0 Å². The van der Waals surface area contributed by atoms with Crippen LogP contribution in [0.1, 0.15) is 22.3 Å². The average Bonchev–Trinajstić information content (AvgIpc) is 3.46. The van der Waals surface area contributed by atoms with Gasteiger partial charge in [0.25, 0.3) is 0 Å². The lowest BCUT2D eigenvalue weighted by Gasteiger charge is -2.40. The summed E-state index contributed by atoms with van der Waals surface area (Å²) >= 11 is 1.88. The van der Waals surface area contributed by atoms with Gasteiger partial charge in [0.2, 0.25) is 0 Å². The van der Waals surface area contributed by atoms with Crippen LogP contribution >= 0.6 is 11.8 Å². The van der Waals surface area contributed by atoms with Crippen molar-refractivity contribution < 1.29 is 0 Å². The first-order valence-corrected chi connectivity index (χ1v) is 17.2. The molecule has 8 aromatic rings. The Labute approximate surface area is 283 Å². The first-order chi connectivity index (χ1) is 23.8. The summed E-state index contributed by atoms with van der Waals surface area (Å²) in [5, 5.41) is 1.05. The third-order valence-electron chi connectivity index (χ3n) is 9.97. The highest BCUT2D eigenvalue weighted by molar-refractivity contribution is 7.99. The molecular formula is C45H28N2S. The maximum absolute atomic E-state index is 5.13. The zero-order chi connectivity index (χ0) is 31.7. The number of rotatable bonds is 3. The largest absolute Gasteiger partial charge is 0.228 e. The summed E-state index contributed by atoms with van der Waals surface area (Å²) in [6, 6.07) is 61.4. The summed E-state index contributed by atoms with van der Waals surface area (Å²) in [5.41, 5.74) is 14.0. The zero-order valence-electron chi connectivity index (χ0n) is 26.0. The van der Waals surface area contributed by atoms with Gasteiger partial charge in [0, 0.05) is 26.3 Å². The van der Waals surface area contributed by atoms with Crippen LogP contribution in [0.5, 0.6) is 0 Å². The van der Waals surface area contributed by atoms with Crippen molar-refractivity contribution in [3.05, 3.63) is 192 Å². The van der Waals surface area contributed by atoms with Crippen LogP contribution in [-0.2, 0) is 5.41 Å². The van der Waals surface area contributed by atoms with E-state index < -0.39 is 5.41 Å². The van der Waals surface area contributed by atoms with Crippen molar-refractivity contribution >= 4 is 22.7 Å². The molecule has 2 heterocycles. The van der Waals surface area contributed by atoms with E-state index in [4.69, 9.17) is 9.97 Å². The Morgan fingerprint density at radius 3 is 1.75 bits per heavy atom. The van der Waals surface area contributed by atoms with E-state index >= 15 is 0 Å². The first kappa shape index (κ1) is 27.4. The number of benzene rings is 7. The molecule has 0 atom stereocenters. The van der Waals surface area contributed by atoms with Crippen LogP contribution in [0.2, 0.25) is 0 Å². The molecule has 2 nitrogen and oxygen atoms in total. The molecular weight excluding hydrogens is 601 g/mol. The highest BCUT2D eigenvalue weighted by atomic mass is 32.2. The lowest BCUT2D eigenvalue weighted by molar-refractivity contribution is 0.724. The molecule has 0 saturated heterocycles. The van der Waals surface area contributed by atoms with Crippen molar-refractivity contribution in [3.8, 4) is 44.9 Å². The molecule has 0 radical (unpaired) electrons.